The van der Waals surface area contributed by atoms with Gasteiger partial charge in [0.25, 0.3) is 0 Å². The maximum atomic E-state index is 2.54. The molecule has 1 unspecified atom stereocenters. The Labute approximate surface area is 78.0 Å². The molecule has 0 spiro atoms. The van der Waals surface area contributed by atoms with Crippen molar-refractivity contribution in [1.82, 2.24) is 4.90 Å². The van der Waals surface area contributed by atoms with Gasteiger partial charge in [-0.25, -0.2) is 0 Å². The number of nitrogens with zero attached hydrogens (tertiary/aromatic N) is 1. The Morgan fingerprint density at radius 1 is 1.44 bits per heavy atom. The van der Waals surface area contributed by atoms with Crippen molar-refractivity contribution in [2.45, 2.75) is 24.8 Å². The first kappa shape index (κ1) is 10.4. The van der Waals surface area contributed by atoms with E-state index in [0.717, 1.165) is 4.05 Å². The molecule has 0 aromatic rings. The third kappa shape index (κ3) is 3.98. The first-order valence-electron chi connectivity index (χ1n) is 3.24. The van der Waals surface area contributed by atoms with Crippen LogP contribution in [0.15, 0.2) is 0 Å². The van der Waals surface area contributed by atoms with Crippen LogP contribution in [0.1, 0.15) is 20.8 Å². The summed E-state index contributed by atoms with van der Waals surface area (Å²) in [5.41, 5.74) is 0. The molecule has 0 saturated carbocycles. The summed E-state index contributed by atoms with van der Waals surface area (Å²) >= 11 is 2.93. The van der Waals surface area contributed by atoms with Gasteiger partial charge in [-0.05, 0) is 0 Å². The van der Waals surface area contributed by atoms with Crippen LogP contribution in [0.3, 0.4) is 0 Å². The van der Waals surface area contributed by atoms with Crippen molar-refractivity contribution in [3.05, 3.63) is 0 Å². The van der Waals surface area contributed by atoms with E-state index < -0.39 is 0 Å². The van der Waals surface area contributed by atoms with Gasteiger partial charge in [0.2, 0.25) is 0 Å². The van der Waals surface area contributed by atoms with Crippen LogP contribution >= 0.6 is 18.6 Å². The molecule has 0 aromatic heterocycles. The first-order valence-corrected chi connectivity index (χ1v) is 10.8. The molecule has 0 N–H and O–H groups in total. The van der Waals surface area contributed by atoms with Crippen molar-refractivity contribution in [3.8, 4) is 0 Å². The molecule has 0 aromatic carbocycles. The number of hydrogen-bond donors (Lipinski definition) is 0. The average molecular weight is 354 g/mol. The van der Waals surface area contributed by atoms with Gasteiger partial charge in [0.1, 0.15) is 0 Å². The monoisotopic (exact) mass is 354 g/mol. The van der Waals surface area contributed by atoms with Crippen LogP contribution in [0.5, 0.6) is 0 Å². The van der Waals surface area contributed by atoms with Crippen molar-refractivity contribution in [1.29, 1.82) is 0 Å². The van der Waals surface area contributed by atoms with Crippen molar-refractivity contribution < 1.29 is 17.2 Å². The van der Waals surface area contributed by atoms with Crippen molar-refractivity contribution in [2.75, 3.05) is 13.1 Å². The van der Waals surface area contributed by atoms with E-state index in [1.165, 1.54) is 13.1 Å². The molecule has 3 heteroatoms. The van der Waals surface area contributed by atoms with Gasteiger partial charge in [0.05, 0.1) is 0 Å². The molecule has 0 fully saturated rings. The second-order valence-corrected chi connectivity index (χ2v) is 7.31. The van der Waals surface area contributed by atoms with E-state index in [1.54, 1.807) is 0 Å². The Morgan fingerprint density at radius 2 is 1.89 bits per heavy atom. The molecular formula is C6H14I2N-. The summed E-state index contributed by atoms with van der Waals surface area (Å²) in [6.07, 6.45) is 0. The topological polar surface area (TPSA) is 3.24 Å². The molecule has 0 aliphatic heterocycles. The van der Waals surface area contributed by atoms with Gasteiger partial charge in [-0.15, -0.1) is 0 Å². The van der Waals surface area contributed by atoms with E-state index in [-0.39, 0.29) is 0 Å². The number of halogens is 2. The van der Waals surface area contributed by atoms with E-state index in [0.29, 0.717) is 17.2 Å². The van der Waals surface area contributed by atoms with E-state index in [2.05, 4.69) is 44.3 Å². The summed E-state index contributed by atoms with van der Waals surface area (Å²) in [5.74, 6) is 0. The van der Waals surface area contributed by atoms with Crippen LogP contribution in [-0.2, 0) is 0 Å². The minimum absolute atomic E-state index is 0.388. The van der Waals surface area contributed by atoms with Gasteiger partial charge in [0, 0.05) is 0 Å². The fourth-order valence-electron chi connectivity index (χ4n) is 0.779. The second-order valence-electron chi connectivity index (χ2n) is 1.88. The number of rotatable bonds is 4. The fourth-order valence-corrected chi connectivity index (χ4v) is 3.86. The summed E-state index contributed by atoms with van der Waals surface area (Å²) in [5, 5.41) is 0. The summed E-state index contributed by atoms with van der Waals surface area (Å²) < 4.78 is 0.861. The number of hydrogen-bond acceptors (Lipinski definition) is 1. The van der Waals surface area contributed by atoms with Gasteiger partial charge in [-0.1, -0.05) is 0 Å². The molecule has 0 heterocycles. The Kier molecular flexibility index (Phi) is 7.12. The second kappa shape index (κ2) is 6.15. The van der Waals surface area contributed by atoms with Crippen LogP contribution in [0.2, 0.25) is 0 Å². The predicted molar refractivity (Wildman–Crippen MR) is 46.4 cm³/mol. The van der Waals surface area contributed by atoms with Crippen LogP contribution < -0.4 is 17.2 Å². The molecule has 1 nitrogen and oxygen atoms in total. The first-order chi connectivity index (χ1) is 4.26. The predicted octanol–water partition coefficient (Wildman–Crippen LogP) is -0.887. The van der Waals surface area contributed by atoms with E-state index in [9.17, 15) is 0 Å². The third-order valence-electron chi connectivity index (χ3n) is 1.43. The summed E-state index contributed by atoms with van der Waals surface area (Å²) in [6, 6.07) is 0. The van der Waals surface area contributed by atoms with Gasteiger partial charge in [0.15, 0.2) is 0 Å². The Bertz CT molecular complexity index is 64.1. The maximum absolute atomic E-state index is 2.54. The zero-order valence-electron chi connectivity index (χ0n) is 6.19. The molecule has 0 radical (unpaired) electrons. The minimum atomic E-state index is 0.388. The Morgan fingerprint density at radius 3 is 2.00 bits per heavy atom. The van der Waals surface area contributed by atoms with Gasteiger partial charge >= 0.3 is 78.7 Å². The quantitative estimate of drug-likeness (QED) is 0.360. The zero-order valence-corrected chi connectivity index (χ0v) is 10.5. The normalized spacial score (nSPS) is 14.8. The summed E-state index contributed by atoms with van der Waals surface area (Å²) in [7, 11) is 0. The summed E-state index contributed by atoms with van der Waals surface area (Å²) in [4.78, 5) is 2.51. The fraction of sp³-hybridized carbons (Fsp3) is 1.00. The van der Waals surface area contributed by atoms with Crippen molar-refractivity contribution in [3.63, 3.8) is 0 Å². The van der Waals surface area contributed by atoms with Gasteiger partial charge in [-0.3, -0.25) is 0 Å². The zero-order chi connectivity index (χ0) is 7.28. The molecule has 58 valence electrons. The molecule has 1 atom stereocenters. The van der Waals surface area contributed by atoms with Crippen LogP contribution in [0.25, 0.3) is 0 Å². The molecule has 0 saturated heterocycles. The molecule has 0 aliphatic rings. The number of alkyl halides is 1. The van der Waals surface area contributed by atoms with Gasteiger partial charge < -0.3 is 0 Å². The third-order valence-corrected chi connectivity index (χ3v) is 7.47. The van der Waals surface area contributed by atoms with Gasteiger partial charge in [-0.2, -0.15) is 0 Å². The average Bonchev–Trinajstić information content (AvgIpc) is 1.90. The van der Waals surface area contributed by atoms with Crippen LogP contribution in [0.4, 0.5) is 0 Å². The molecule has 0 rings (SSSR count). The molecule has 0 bridgehead atoms. The van der Waals surface area contributed by atoms with E-state index in [1.807, 2.05) is 0 Å². The van der Waals surface area contributed by atoms with Crippen molar-refractivity contribution >= 4 is 18.6 Å². The van der Waals surface area contributed by atoms with Crippen LogP contribution in [0, 0.1) is 0 Å². The Balaban J connectivity index is 3.50. The SMILES string of the molecule is CCN(CC)C(C)[I-]I. The molecule has 0 aliphatic carbocycles. The molecular weight excluding hydrogens is 340 g/mol. The Hall–Kier alpha value is 1.42. The summed E-state index contributed by atoms with van der Waals surface area (Å²) in [6.45, 7) is 9.21. The standard InChI is InChI=1S/C6H14I2N/c1-4-9(5-2)6(3)8-7/h6H,4-5H2,1-3H3/q-1. The molecule has 9 heavy (non-hydrogen) atoms. The van der Waals surface area contributed by atoms with Crippen LogP contribution in [-0.4, -0.2) is 22.0 Å². The van der Waals surface area contributed by atoms with Crippen molar-refractivity contribution in [2.24, 2.45) is 0 Å². The van der Waals surface area contributed by atoms with E-state index in [4.69, 9.17) is 0 Å². The molecule has 0 amide bonds. The van der Waals surface area contributed by atoms with E-state index >= 15 is 0 Å².